The van der Waals surface area contributed by atoms with Gasteiger partial charge in [-0.15, -0.1) is 0 Å². The summed E-state index contributed by atoms with van der Waals surface area (Å²) in [5.41, 5.74) is 1.77. The highest BCUT2D eigenvalue weighted by Crippen LogP contribution is 2.25. The summed E-state index contributed by atoms with van der Waals surface area (Å²) < 4.78 is 0. The van der Waals surface area contributed by atoms with Gasteiger partial charge in [-0.2, -0.15) is 0 Å². The van der Waals surface area contributed by atoms with Crippen LogP contribution in [0.3, 0.4) is 0 Å². The van der Waals surface area contributed by atoms with E-state index in [2.05, 4.69) is 6.58 Å². The van der Waals surface area contributed by atoms with Crippen molar-refractivity contribution < 1.29 is 10.2 Å². The fourth-order valence-corrected chi connectivity index (χ4v) is 0.883. The zero-order valence-electron chi connectivity index (χ0n) is 7.49. The Bertz CT molecular complexity index is 351. The van der Waals surface area contributed by atoms with Crippen LogP contribution in [0, 0.1) is 0 Å². The van der Waals surface area contributed by atoms with Crippen LogP contribution in [0.15, 0.2) is 36.4 Å². The zero-order valence-corrected chi connectivity index (χ0v) is 7.49. The van der Waals surface area contributed by atoms with Crippen molar-refractivity contribution in [2.24, 2.45) is 0 Å². The second kappa shape index (κ2) is 3.81. The summed E-state index contributed by atoms with van der Waals surface area (Å²) in [7, 11) is 0. The van der Waals surface area contributed by atoms with Gasteiger partial charge in [0.15, 0.2) is 11.5 Å². The number of rotatable bonds is 2. The van der Waals surface area contributed by atoms with Crippen LogP contribution < -0.4 is 0 Å². The zero-order chi connectivity index (χ0) is 9.84. The van der Waals surface area contributed by atoms with Crippen molar-refractivity contribution in [2.45, 2.75) is 6.92 Å². The lowest BCUT2D eigenvalue weighted by Gasteiger charge is -1.98. The molecule has 0 aliphatic carbocycles. The molecule has 1 aromatic rings. The Hall–Kier alpha value is -1.70. The summed E-state index contributed by atoms with van der Waals surface area (Å²) in [6, 6.07) is 4.66. The molecule has 13 heavy (non-hydrogen) atoms. The van der Waals surface area contributed by atoms with Crippen LogP contribution >= 0.6 is 0 Å². The maximum atomic E-state index is 9.16. The number of benzene rings is 1. The fourth-order valence-electron chi connectivity index (χ4n) is 0.883. The van der Waals surface area contributed by atoms with Gasteiger partial charge in [-0.1, -0.05) is 30.4 Å². The molecule has 2 nitrogen and oxygen atoms in total. The molecule has 2 heteroatoms. The first kappa shape index (κ1) is 9.39. The Morgan fingerprint density at radius 2 is 2.00 bits per heavy atom. The molecule has 0 atom stereocenters. The minimum atomic E-state index is -0.108. The Morgan fingerprint density at radius 1 is 1.31 bits per heavy atom. The first-order valence-corrected chi connectivity index (χ1v) is 3.95. The van der Waals surface area contributed by atoms with Gasteiger partial charge in [0.25, 0.3) is 0 Å². The third-order valence-corrected chi connectivity index (χ3v) is 1.56. The third-order valence-electron chi connectivity index (χ3n) is 1.56. The predicted octanol–water partition coefficient (Wildman–Crippen LogP) is 2.69. The minimum absolute atomic E-state index is 0.104. The van der Waals surface area contributed by atoms with Gasteiger partial charge in [0.05, 0.1) is 0 Å². The molecule has 0 fully saturated rings. The van der Waals surface area contributed by atoms with Crippen LogP contribution in [-0.2, 0) is 0 Å². The molecule has 1 aromatic carbocycles. The van der Waals surface area contributed by atoms with E-state index in [1.54, 1.807) is 6.07 Å². The van der Waals surface area contributed by atoms with Gasteiger partial charge >= 0.3 is 0 Å². The highest BCUT2D eigenvalue weighted by molar-refractivity contribution is 5.56. The van der Waals surface area contributed by atoms with Crippen LogP contribution in [0.5, 0.6) is 11.5 Å². The van der Waals surface area contributed by atoms with E-state index < -0.39 is 0 Å². The largest absolute Gasteiger partial charge is 0.504 e. The molecule has 0 radical (unpaired) electrons. The Balaban J connectivity index is 2.92. The maximum Gasteiger partial charge on any atom is 0.157 e. The van der Waals surface area contributed by atoms with E-state index in [4.69, 9.17) is 10.2 Å². The number of hydrogen-bond acceptors (Lipinski definition) is 2. The van der Waals surface area contributed by atoms with Crippen molar-refractivity contribution in [1.82, 2.24) is 0 Å². The average molecular weight is 176 g/mol. The monoisotopic (exact) mass is 176 g/mol. The van der Waals surface area contributed by atoms with Gasteiger partial charge in [0, 0.05) is 0 Å². The molecule has 0 aromatic heterocycles. The van der Waals surface area contributed by atoms with Crippen LogP contribution in [0.1, 0.15) is 12.5 Å². The molecular formula is C11H12O2. The molecule has 0 unspecified atom stereocenters. The van der Waals surface area contributed by atoms with E-state index in [0.717, 1.165) is 11.1 Å². The smallest absolute Gasteiger partial charge is 0.157 e. The first-order valence-electron chi connectivity index (χ1n) is 3.95. The summed E-state index contributed by atoms with van der Waals surface area (Å²) in [5, 5.41) is 18.2. The van der Waals surface area contributed by atoms with Crippen LogP contribution in [-0.4, -0.2) is 10.2 Å². The van der Waals surface area contributed by atoms with Gasteiger partial charge in [-0.05, 0) is 24.6 Å². The molecule has 0 aliphatic heterocycles. The van der Waals surface area contributed by atoms with Crippen LogP contribution in [0.4, 0.5) is 0 Å². The topological polar surface area (TPSA) is 40.5 Å². The predicted molar refractivity (Wildman–Crippen MR) is 53.6 cm³/mol. The van der Waals surface area contributed by atoms with E-state index >= 15 is 0 Å². The summed E-state index contributed by atoms with van der Waals surface area (Å²) in [5.74, 6) is -0.212. The number of phenols is 2. The van der Waals surface area contributed by atoms with Gasteiger partial charge in [-0.25, -0.2) is 0 Å². The quantitative estimate of drug-likeness (QED) is 0.537. The molecule has 0 bridgehead atoms. The van der Waals surface area contributed by atoms with Gasteiger partial charge < -0.3 is 10.2 Å². The molecule has 1 rings (SSSR count). The van der Waals surface area contributed by atoms with Crippen LogP contribution in [0.2, 0.25) is 0 Å². The van der Waals surface area contributed by atoms with E-state index in [-0.39, 0.29) is 11.5 Å². The van der Waals surface area contributed by atoms with Crippen molar-refractivity contribution in [1.29, 1.82) is 0 Å². The number of phenolic OH excluding ortho intramolecular Hbond substituents is 2. The van der Waals surface area contributed by atoms with Crippen molar-refractivity contribution in [3.8, 4) is 11.5 Å². The third kappa shape index (κ3) is 2.67. The van der Waals surface area contributed by atoms with Crippen molar-refractivity contribution in [3.63, 3.8) is 0 Å². The summed E-state index contributed by atoms with van der Waals surface area (Å²) >= 11 is 0. The number of allylic oxidation sites excluding steroid dienone is 2. The Morgan fingerprint density at radius 3 is 2.54 bits per heavy atom. The molecule has 0 saturated heterocycles. The van der Waals surface area contributed by atoms with Crippen LogP contribution in [0.25, 0.3) is 6.08 Å². The number of aromatic hydroxyl groups is 2. The Kier molecular flexibility index (Phi) is 2.75. The average Bonchev–Trinajstić information content (AvgIpc) is 2.07. The van der Waals surface area contributed by atoms with E-state index in [0.29, 0.717) is 0 Å². The van der Waals surface area contributed by atoms with Gasteiger partial charge in [0.2, 0.25) is 0 Å². The lowest BCUT2D eigenvalue weighted by atomic mass is 10.1. The van der Waals surface area contributed by atoms with Crippen molar-refractivity contribution in [3.05, 3.63) is 42.0 Å². The lowest BCUT2D eigenvalue weighted by Crippen LogP contribution is -1.73. The standard InChI is InChI=1S/C11H12O2/c1-8(2)3-4-9-5-6-10(12)11(13)7-9/h3-7,12-13H,1H2,2H3/b4-3+. The SMILES string of the molecule is C=C(C)/C=C/c1ccc(O)c(O)c1. The molecular weight excluding hydrogens is 164 g/mol. The highest BCUT2D eigenvalue weighted by Gasteiger charge is 1.96. The Labute approximate surface area is 77.5 Å². The molecule has 0 spiro atoms. The van der Waals surface area contributed by atoms with Crippen molar-refractivity contribution in [2.75, 3.05) is 0 Å². The minimum Gasteiger partial charge on any atom is -0.504 e. The number of hydrogen-bond donors (Lipinski definition) is 2. The fraction of sp³-hybridized carbons (Fsp3) is 0.0909. The molecule has 0 heterocycles. The first-order chi connectivity index (χ1) is 6.09. The van der Waals surface area contributed by atoms with Gasteiger partial charge in [-0.3, -0.25) is 0 Å². The maximum absolute atomic E-state index is 9.16. The molecule has 0 amide bonds. The summed E-state index contributed by atoms with van der Waals surface area (Å²) in [6.45, 7) is 5.60. The molecule has 68 valence electrons. The summed E-state index contributed by atoms with van der Waals surface area (Å²) in [4.78, 5) is 0. The van der Waals surface area contributed by atoms with E-state index in [1.807, 2.05) is 19.1 Å². The molecule has 2 N–H and O–H groups in total. The lowest BCUT2D eigenvalue weighted by molar-refractivity contribution is 0.403. The summed E-state index contributed by atoms with van der Waals surface area (Å²) in [6.07, 6.45) is 3.66. The van der Waals surface area contributed by atoms with E-state index in [1.165, 1.54) is 12.1 Å². The second-order valence-electron chi connectivity index (χ2n) is 2.93. The highest BCUT2D eigenvalue weighted by atomic mass is 16.3. The normalized spacial score (nSPS) is 10.5. The van der Waals surface area contributed by atoms with Crippen molar-refractivity contribution >= 4 is 6.08 Å². The molecule has 0 aliphatic rings. The van der Waals surface area contributed by atoms with Gasteiger partial charge in [0.1, 0.15) is 0 Å². The van der Waals surface area contributed by atoms with E-state index in [9.17, 15) is 0 Å². The molecule has 0 saturated carbocycles. The second-order valence-corrected chi connectivity index (χ2v) is 2.93.